The molecule has 0 aliphatic rings. The van der Waals surface area contributed by atoms with Gasteiger partial charge in [0.2, 0.25) is 0 Å². The molecule has 15 heavy (non-hydrogen) atoms. The van der Waals surface area contributed by atoms with E-state index in [1.807, 2.05) is 18.2 Å². The lowest BCUT2D eigenvalue weighted by Gasteiger charge is -2.29. The number of halogens is 2. The van der Waals surface area contributed by atoms with Crippen LogP contribution < -0.4 is 5.32 Å². The van der Waals surface area contributed by atoms with Crippen molar-refractivity contribution in [3.8, 4) is 0 Å². The van der Waals surface area contributed by atoms with E-state index < -0.39 is 18.5 Å². The molecule has 0 fully saturated rings. The van der Waals surface area contributed by atoms with E-state index in [4.69, 9.17) is 0 Å². The molecular formula is C11H15F2NO. The average Bonchev–Trinajstić information content (AvgIpc) is 2.27. The van der Waals surface area contributed by atoms with Gasteiger partial charge in [-0.25, -0.2) is 8.78 Å². The van der Waals surface area contributed by atoms with E-state index in [1.165, 1.54) is 0 Å². The number of aliphatic hydroxyl groups is 1. The van der Waals surface area contributed by atoms with Crippen molar-refractivity contribution < 1.29 is 13.9 Å². The van der Waals surface area contributed by atoms with E-state index in [1.54, 1.807) is 19.1 Å². The van der Waals surface area contributed by atoms with Crippen LogP contribution >= 0.6 is 0 Å². The predicted molar refractivity (Wildman–Crippen MR) is 54.9 cm³/mol. The molecule has 0 aliphatic carbocycles. The molecule has 1 aromatic rings. The lowest BCUT2D eigenvalue weighted by molar-refractivity contribution is 0.110. The molecule has 0 radical (unpaired) electrons. The van der Waals surface area contributed by atoms with Gasteiger partial charge in [-0.05, 0) is 12.5 Å². The fraction of sp³-hybridized carbons (Fsp3) is 0.455. The van der Waals surface area contributed by atoms with Crippen LogP contribution in [0.3, 0.4) is 0 Å². The normalized spacial score (nSPS) is 15.3. The highest BCUT2D eigenvalue weighted by Crippen LogP contribution is 2.19. The summed E-state index contributed by atoms with van der Waals surface area (Å²) in [7, 11) is 0. The predicted octanol–water partition coefficient (Wildman–Crippen LogP) is 1.75. The van der Waals surface area contributed by atoms with Crippen molar-refractivity contribution in [3.05, 3.63) is 35.9 Å². The Morgan fingerprint density at radius 1 is 1.33 bits per heavy atom. The van der Waals surface area contributed by atoms with Gasteiger partial charge in [0.15, 0.2) is 0 Å². The van der Waals surface area contributed by atoms with Crippen molar-refractivity contribution in [1.29, 1.82) is 0 Å². The van der Waals surface area contributed by atoms with Crippen LogP contribution in [0, 0.1) is 0 Å². The first-order valence-corrected chi connectivity index (χ1v) is 4.78. The number of alkyl halides is 2. The zero-order valence-corrected chi connectivity index (χ0v) is 8.58. The Morgan fingerprint density at radius 2 is 1.93 bits per heavy atom. The molecule has 0 spiro atoms. The fourth-order valence-electron chi connectivity index (χ4n) is 1.36. The molecule has 0 saturated carbocycles. The average molecular weight is 215 g/mol. The van der Waals surface area contributed by atoms with Gasteiger partial charge >= 0.3 is 0 Å². The summed E-state index contributed by atoms with van der Waals surface area (Å²) in [6, 6.07) is 9.07. The van der Waals surface area contributed by atoms with Gasteiger partial charge in [-0.3, -0.25) is 0 Å². The largest absolute Gasteiger partial charge is 0.394 e. The molecule has 4 heteroatoms. The molecule has 2 nitrogen and oxygen atoms in total. The molecule has 1 rings (SSSR count). The van der Waals surface area contributed by atoms with Gasteiger partial charge in [0, 0.05) is 0 Å². The Balaban J connectivity index is 2.76. The van der Waals surface area contributed by atoms with Crippen molar-refractivity contribution >= 4 is 0 Å². The number of rotatable bonds is 5. The topological polar surface area (TPSA) is 32.3 Å². The van der Waals surface area contributed by atoms with Crippen molar-refractivity contribution in [3.63, 3.8) is 0 Å². The Morgan fingerprint density at radius 3 is 2.40 bits per heavy atom. The zero-order valence-electron chi connectivity index (χ0n) is 8.58. The van der Waals surface area contributed by atoms with Gasteiger partial charge in [0.25, 0.3) is 6.43 Å². The van der Waals surface area contributed by atoms with Crippen molar-refractivity contribution in [2.75, 3.05) is 13.2 Å². The van der Waals surface area contributed by atoms with Gasteiger partial charge in [-0.1, -0.05) is 30.3 Å². The highest BCUT2D eigenvalue weighted by molar-refractivity contribution is 5.23. The lowest BCUT2D eigenvalue weighted by atomic mass is 9.93. The summed E-state index contributed by atoms with van der Waals surface area (Å²) in [5.41, 5.74) is -0.00863. The monoisotopic (exact) mass is 215 g/mol. The molecule has 0 aliphatic heterocycles. The summed E-state index contributed by atoms with van der Waals surface area (Å²) in [6.07, 6.45) is -2.42. The first-order valence-electron chi connectivity index (χ1n) is 4.78. The van der Waals surface area contributed by atoms with Crippen LogP contribution in [0.1, 0.15) is 12.5 Å². The van der Waals surface area contributed by atoms with Crippen molar-refractivity contribution in [1.82, 2.24) is 5.32 Å². The van der Waals surface area contributed by atoms with E-state index in [9.17, 15) is 13.9 Å². The molecule has 0 aromatic heterocycles. The second kappa shape index (κ2) is 5.19. The first-order chi connectivity index (χ1) is 7.08. The summed E-state index contributed by atoms with van der Waals surface area (Å²) in [4.78, 5) is 0. The molecule has 0 heterocycles. The highest BCUT2D eigenvalue weighted by Gasteiger charge is 2.25. The van der Waals surface area contributed by atoms with Crippen LogP contribution in [-0.2, 0) is 5.54 Å². The lowest BCUT2D eigenvalue weighted by Crippen LogP contribution is -2.44. The van der Waals surface area contributed by atoms with E-state index in [0.717, 1.165) is 5.56 Å². The first kappa shape index (κ1) is 12.1. The van der Waals surface area contributed by atoms with Crippen LogP contribution in [0.15, 0.2) is 30.3 Å². The van der Waals surface area contributed by atoms with Gasteiger partial charge in [0.05, 0.1) is 18.7 Å². The van der Waals surface area contributed by atoms with E-state index in [2.05, 4.69) is 5.32 Å². The molecule has 1 unspecified atom stereocenters. The third-order valence-corrected chi connectivity index (χ3v) is 2.37. The third-order valence-electron chi connectivity index (χ3n) is 2.37. The molecule has 2 N–H and O–H groups in total. The van der Waals surface area contributed by atoms with Gasteiger partial charge in [0.1, 0.15) is 0 Å². The minimum atomic E-state index is -2.42. The van der Waals surface area contributed by atoms with Gasteiger partial charge < -0.3 is 10.4 Å². The second-order valence-corrected chi connectivity index (χ2v) is 3.63. The summed E-state index contributed by atoms with van der Waals surface area (Å²) in [5, 5.41) is 11.9. The summed E-state index contributed by atoms with van der Waals surface area (Å²) < 4.78 is 24.1. The minimum absolute atomic E-state index is 0.219. The quantitative estimate of drug-likeness (QED) is 0.784. The van der Waals surface area contributed by atoms with Crippen molar-refractivity contribution in [2.24, 2.45) is 0 Å². The van der Waals surface area contributed by atoms with E-state index in [-0.39, 0.29) is 6.61 Å². The van der Waals surface area contributed by atoms with Crippen LogP contribution in [-0.4, -0.2) is 24.7 Å². The van der Waals surface area contributed by atoms with Crippen molar-refractivity contribution in [2.45, 2.75) is 18.9 Å². The maximum absolute atomic E-state index is 12.1. The van der Waals surface area contributed by atoms with Gasteiger partial charge in [-0.15, -0.1) is 0 Å². The Hall–Kier alpha value is -1.00. The number of hydrogen-bond acceptors (Lipinski definition) is 2. The summed E-state index contributed by atoms with van der Waals surface area (Å²) in [6.45, 7) is 1.06. The molecule has 0 amide bonds. The van der Waals surface area contributed by atoms with Crippen LogP contribution in [0.5, 0.6) is 0 Å². The molecule has 1 atom stereocenters. The highest BCUT2D eigenvalue weighted by atomic mass is 19.3. The smallest absolute Gasteiger partial charge is 0.250 e. The number of benzene rings is 1. The molecule has 0 saturated heterocycles. The van der Waals surface area contributed by atoms with Gasteiger partial charge in [-0.2, -0.15) is 0 Å². The zero-order chi connectivity index (χ0) is 11.3. The van der Waals surface area contributed by atoms with E-state index in [0.29, 0.717) is 0 Å². The van der Waals surface area contributed by atoms with Crippen LogP contribution in [0.4, 0.5) is 8.78 Å². The maximum atomic E-state index is 12.1. The number of hydrogen-bond donors (Lipinski definition) is 2. The molecule has 84 valence electrons. The Kier molecular flexibility index (Phi) is 4.17. The van der Waals surface area contributed by atoms with Crippen LogP contribution in [0.25, 0.3) is 0 Å². The summed E-state index contributed by atoms with van der Waals surface area (Å²) in [5.74, 6) is 0. The third kappa shape index (κ3) is 3.25. The SMILES string of the molecule is CC(CO)(NCC(F)F)c1ccccc1. The Bertz CT molecular complexity index is 292. The minimum Gasteiger partial charge on any atom is -0.394 e. The number of nitrogens with one attached hydrogen (secondary N) is 1. The standard InChI is InChI=1S/C11H15F2NO/c1-11(8-15,14-7-10(12)13)9-5-3-2-4-6-9/h2-6,10,14-15H,7-8H2,1H3. The molecule has 0 bridgehead atoms. The van der Waals surface area contributed by atoms with Crippen LogP contribution in [0.2, 0.25) is 0 Å². The fourth-order valence-corrected chi connectivity index (χ4v) is 1.36. The Labute approximate surface area is 87.9 Å². The number of aliphatic hydroxyl groups excluding tert-OH is 1. The molecular weight excluding hydrogens is 200 g/mol. The second-order valence-electron chi connectivity index (χ2n) is 3.63. The maximum Gasteiger partial charge on any atom is 0.250 e. The summed E-state index contributed by atoms with van der Waals surface area (Å²) >= 11 is 0. The van der Waals surface area contributed by atoms with E-state index >= 15 is 0 Å². The molecule has 1 aromatic carbocycles.